The fourth-order valence-electron chi connectivity index (χ4n) is 0.750. The fourth-order valence-corrected chi connectivity index (χ4v) is 1.67. The van der Waals surface area contributed by atoms with Gasteiger partial charge >= 0.3 is 0 Å². The summed E-state index contributed by atoms with van der Waals surface area (Å²) in [6.07, 6.45) is 0. The quantitative estimate of drug-likeness (QED) is 0.420. The first kappa shape index (κ1) is 6.55. The molecule has 1 rings (SSSR count). The Hall–Kier alpha value is -0.570. The van der Waals surface area contributed by atoms with Gasteiger partial charge in [-0.15, -0.1) is 0 Å². The highest BCUT2D eigenvalue weighted by molar-refractivity contribution is 7.11. The molecular weight excluding hydrogens is 132 g/mol. The molecule has 50 valence electrons. The molecule has 0 aliphatic carbocycles. The molecule has 0 aliphatic heterocycles. The number of aryl methyl sites for hydroxylation is 2. The zero-order valence-corrected chi connectivity index (χ0v) is 6.75. The zero-order chi connectivity index (χ0) is 7.02. The van der Waals surface area contributed by atoms with Gasteiger partial charge < -0.3 is 0 Å². The van der Waals surface area contributed by atoms with Crippen molar-refractivity contribution >= 4 is 11.3 Å². The summed E-state index contributed by atoms with van der Waals surface area (Å²) < 4.78 is 1.72. The van der Waals surface area contributed by atoms with Gasteiger partial charge in [0.2, 0.25) is 5.69 Å². The standard InChI is InChI=1S/C6H11N2S/c1-4-5(2)9-6(3)8(4)7/h7H2,1-3H3/q+1. The molecule has 2 nitrogen and oxygen atoms in total. The highest BCUT2D eigenvalue weighted by atomic mass is 32.1. The lowest BCUT2D eigenvalue weighted by molar-refractivity contribution is -0.646. The van der Waals surface area contributed by atoms with Crippen molar-refractivity contribution in [3.05, 3.63) is 15.6 Å². The second-order valence-electron chi connectivity index (χ2n) is 2.13. The Bertz CT molecular complexity index is 205. The predicted molar refractivity (Wildman–Crippen MR) is 38.9 cm³/mol. The number of hydrogen-bond acceptors (Lipinski definition) is 2. The average Bonchev–Trinajstić information content (AvgIpc) is 1.98. The van der Waals surface area contributed by atoms with Crippen molar-refractivity contribution < 1.29 is 4.68 Å². The van der Waals surface area contributed by atoms with Crippen LogP contribution in [0.2, 0.25) is 0 Å². The lowest BCUT2D eigenvalue weighted by atomic mass is 10.4. The van der Waals surface area contributed by atoms with E-state index in [1.165, 1.54) is 4.88 Å². The van der Waals surface area contributed by atoms with Gasteiger partial charge in [0.25, 0.3) is 5.01 Å². The molecule has 1 aromatic rings. The molecule has 0 fully saturated rings. The van der Waals surface area contributed by atoms with Gasteiger partial charge in [0.1, 0.15) is 0 Å². The first-order valence-corrected chi connectivity index (χ1v) is 3.68. The Morgan fingerprint density at radius 2 is 1.89 bits per heavy atom. The minimum absolute atomic E-state index is 1.16. The molecule has 0 aromatic carbocycles. The summed E-state index contributed by atoms with van der Waals surface area (Å²) in [6, 6.07) is 0. The fraction of sp³-hybridized carbons (Fsp3) is 0.500. The van der Waals surface area contributed by atoms with Gasteiger partial charge in [-0.05, 0) is 6.92 Å². The third-order valence-corrected chi connectivity index (χ3v) is 2.60. The summed E-state index contributed by atoms with van der Waals surface area (Å²) in [4.78, 5) is 1.30. The summed E-state index contributed by atoms with van der Waals surface area (Å²) in [7, 11) is 0. The van der Waals surface area contributed by atoms with E-state index in [1.54, 1.807) is 16.0 Å². The van der Waals surface area contributed by atoms with E-state index in [0.717, 1.165) is 10.7 Å². The van der Waals surface area contributed by atoms with E-state index in [0.29, 0.717) is 0 Å². The molecule has 9 heavy (non-hydrogen) atoms. The van der Waals surface area contributed by atoms with Gasteiger partial charge in [-0.2, -0.15) is 0 Å². The Morgan fingerprint density at radius 1 is 1.33 bits per heavy atom. The van der Waals surface area contributed by atoms with Crippen LogP contribution in [-0.4, -0.2) is 0 Å². The topological polar surface area (TPSA) is 29.9 Å². The molecule has 2 N–H and O–H groups in total. The van der Waals surface area contributed by atoms with Gasteiger partial charge in [0, 0.05) is 13.8 Å². The minimum Gasteiger partial charge on any atom is -0.204 e. The molecule has 0 aliphatic rings. The third kappa shape index (κ3) is 0.920. The van der Waals surface area contributed by atoms with E-state index in [4.69, 9.17) is 5.84 Å². The number of nitrogen functional groups attached to an aromatic ring is 1. The molecule has 0 saturated carbocycles. The van der Waals surface area contributed by atoms with E-state index in [-0.39, 0.29) is 0 Å². The maximum absolute atomic E-state index is 5.63. The largest absolute Gasteiger partial charge is 0.263 e. The van der Waals surface area contributed by atoms with Crippen LogP contribution in [0.15, 0.2) is 0 Å². The molecule has 0 spiro atoms. The smallest absolute Gasteiger partial charge is 0.204 e. The Balaban J connectivity index is 3.29. The van der Waals surface area contributed by atoms with Crippen LogP contribution in [0, 0.1) is 20.8 Å². The number of thiazole rings is 1. The SMILES string of the molecule is Cc1sc(C)[n+](N)c1C. The maximum Gasteiger partial charge on any atom is 0.263 e. The van der Waals surface area contributed by atoms with E-state index in [9.17, 15) is 0 Å². The summed E-state index contributed by atoms with van der Waals surface area (Å²) >= 11 is 1.73. The third-order valence-electron chi connectivity index (χ3n) is 1.51. The first-order valence-electron chi connectivity index (χ1n) is 2.86. The molecular formula is C6H11N2S+. The van der Waals surface area contributed by atoms with Crippen molar-refractivity contribution in [2.45, 2.75) is 20.8 Å². The molecule has 0 atom stereocenters. The number of nitrogens with two attached hydrogens (primary N) is 1. The van der Waals surface area contributed by atoms with E-state index >= 15 is 0 Å². The molecule has 0 saturated heterocycles. The summed E-state index contributed by atoms with van der Waals surface area (Å²) in [5, 5.41) is 1.16. The number of nitrogens with zero attached hydrogens (tertiary/aromatic N) is 1. The lowest BCUT2D eigenvalue weighted by Crippen LogP contribution is -2.47. The monoisotopic (exact) mass is 143 g/mol. The normalized spacial score (nSPS) is 10.1. The van der Waals surface area contributed by atoms with E-state index in [1.807, 2.05) is 13.8 Å². The lowest BCUT2D eigenvalue weighted by Gasteiger charge is -1.81. The van der Waals surface area contributed by atoms with Crippen molar-refractivity contribution in [1.82, 2.24) is 0 Å². The van der Waals surface area contributed by atoms with Crippen LogP contribution < -0.4 is 10.5 Å². The minimum atomic E-state index is 1.16. The zero-order valence-electron chi connectivity index (χ0n) is 5.93. The van der Waals surface area contributed by atoms with Crippen molar-refractivity contribution in [2.75, 3.05) is 5.84 Å². The average molecular weight is 143 g/mol. The number of aromatic nitrogens is 1. The highest BCUT2D eigenvalue weighted by Gasteiger charge is 2.13. The van der Waals surface area contributed by atoms with Crippen molar-refractivity contribution in [1.29, 1.82) is 0 Å². The Labute approximate surface area is 58.9 Å². The Kier molecular flexibility index (Phi) is 1.45. The predicted octanol–water partition coefficient (Wildman–Crippen LogP) is 0.675. The first-order chi connectivity index (χ1) is 4.13. The number of hydrogen-bond donors (Lipinski definition) is 1. The summed E-state index contributed by atoms with van der Waals surface area (Å²) in [6.45, 7) is 6.12. The van der Waals surface area contributed by atoms with Crippen LogP contribution in [0.5, 0.6) is 0 Å². The van der Waals surface area contributed by atoms with Crippen molar-refractivity contribution in [3.8, 4) is 0 Å². The molecule has 3 heteroatoms. The molecule has 0 radical (unpaired) electrons. The second kappa shape index (κ2) is 1.99. The van der Waals surface area contributed by atoms with Crippen molar-refractivity contribution in [2.24, 2.45) is 0 Å². The van der Waals surface area contributed by atoms with Crippen LogP contribution in [0.4, 0.5) is 0 Å². The van der Waals surface area contributed by atoms with Crippen LogP contribution in [0.3, 0.4) is 0 Å². The van der Waals surface area contributed by atoms with Gasteiger partial charge in [0.05, 0.1) is 4.88 Å². The van der Waals surface area contributed by atoms with Crippen molar-refractivity contribution in [3.63, 3.8) is 0 Å². The van der Waals surface area contributed by atoms with Crippen LogP contribution in [0.1, 0.15) is 15.6 Å². The molecule has 0 bridgehead atoms. The van der Waals surface area contributed by atoms with Gasteiger partial charge in [-0.1, -0.05) is 16.0 Å². The van der Waals surface area contributed by atoms with Crippen LogP contribution in [0.25, 0.3) is 0 Å². The number of rotatable bonds is 0. The van der Waals surface area contributed by atoms with E-state index < -0.39 is 0 Å². The van der Waals surface area contributed by atoms with Gasteiger partial charge in [-0.3, -0.25) is 0 Å². The van der Waals surface area contributed by atoms with E-state index in [2.05, 4.69) is 6.92 Å². The maximum atomic E-state index is 5.63. The summed E-state index contributed by atoms with van der Waals surface area (Å²) in [5.41, 5.74) is 1.16. The summed E-state index contributed by atoms with van der Waals surface area (Å²) in [5.74, 6) is 5.63. The van der Waals surface area contributed by atoms with Gasteiger partial charge in [-0.25, -0.2) is 5.84 Å². The second-order valence-corrected chi connectivity index (χ2v) is 3.54. The molecule has 1 aromatic heterocycles. The Morgan fingerprint density at radius 3 is 2.00 bits per heavy atom. The van der Waals surface area contributed by atoms with Gasteiger partial charge in [0.15, 0.2) is 0 Å². The van der Waals surface area contributed by atoms with Crippen LogP contribution in [-0.2, 0) is 0 Å². The van der Waals surface area contributed by atoms with Crippen LogP contribution >= 0.6 is 11.3 Å². The molecule has 0 amide bonds. The molecule has 0 unspecified atom stereocenters. The highest BCUT2D eigenvalue weighted by Crippen LogP contribution is 2.11. The molecule has 1 heterocycles.